The summed E-state index contributed by atoms with van der Waals surface area (Å²) < 4.78 is 5.02. The number of piperazine rings is 1. The van der Waals surface area contributed by atoms with Crippen molar-refractivity contribution in [1.29, 1.82) is 5.26 Å². The maximum atomic E-state index is 11.8. The Balaban J connectivity index is 1.62. The Bertz CT molecular complexity index is 796. The molecule has 0 bridgehead atoms. The van der Waals surface area contributed by atoms with Crippen LogP contribution in [-0.4, -0.2) is 59.0 Å². The Hall–Kier alpha value is -3.41. The molecule has 1 aliphatic rings. The molecule has 0 saturated carbocycles. The first-order valence-corrected chi connectivity index (χ1v) is 8.33. The zero-order valence-corrected chi connectivity index (χ0v) is 14.4. The third-order valence-corrected chi connectivity index (χ3v) is 3.92. The molecule has 0 unspecified atom stereocenters. The van der Waals surface area contributed by atoms with Gasteiger partial charge in [0, 0.05) is 31.9 Å². The number of nitrogens with one attached hydrogen (secondary N) is 1. The highest BCUT2D eigenvalue weighted by atomic mass is 16.6. The van der Waals surface area contributed by atoms with Crippen LogP contribution in [0.25, 0.3) is 0 Å². The number of nitrogens with zero attached hydrogens (tertiary/aromatic N) is 6. The van der Waals surface area contributed by atoms with Crippen LogP contribution in [0.15, 0.2) is 30.5 Å². The Morgan fingerprint density at radius 3 is 2.65 bits per heavy atom. The lowest BCUT2D eigenvalue weighted by Gasteiger charge is -2.33. The summed E-state index contributed by atoms with van der Waals surface area (Å²) in [6.07, 6.45) is 1.25. The van der Waals surface area contributed by atoms with Crippen molar-refractivity contribution in [3.05, 3.63) is 36.0 Å². The van der Waals surface area contributed by atoms with E-state index < -0.39 is 0 Å². The van der Waals surface area contributed by atoms with E-state index in [4.69, 9.17) is 10.00 Å². The van der Waals surface area contributed by atoms with E-state index in [9.17, 15) is 4.79 Å². The molecule has 1 saturated heterocycles. The number of hydrogen-bond acceptors (Lipinski definition) is 8. The Labute approximate surface area is 151 Å². The summed E-state index contributed by atoms with van der Waals surface area (Å²) in [6, 6.07) is 9.15. The van der Waals surface area contributed by atoms with Crippen LogP contribution in [0.5, 0.6) is 0 Å². The number of carbonyl (C=O) groups excluding carboxylic acids is 1. The number of amides is 1. The van der Waals surface area contributed by atoms with Gasteiger partial charge < -0.3 is 19.9 Å². The summed E-state index contributed by atoms with van der Waals surface area (Å²) in [5.41, 5.74) is 1.40. The molecule has 1 amide bonds. The molecular weight excluding hydrogens is 334 g/mol. The van der Waals surface area contributed by atoms with E-state index in [0.29, 0.717) is 50.1 Å². The smallest absolute Gasteiger partial charge is 0.409 e. The minimum Gasteiger partial charge on any atom is -0.450 e. The Morgan fingerprint density at radius 1 is 1.27 bits per heavy atom. The van der Waals surface area contributed by atoms with Crippen molar-refractivity contribution in [2.75, 3.05) is 43.0 Å². The highest BCUT2D eigenvalue weighted by Crippen LogP contribution is 2.17. The summed E-state index contributed by atoms with van der Waals surface area (Å²) in [5, 5.41) is 20.1. The minimum absolute atomic E-state index is 0.289. The van der Waals surface area contributed by atoms with Crippen molar-refractivity contribution in [1.82, 2.24) is 20.1 Å². The molecule has 0 radical (unpaired) electrons. The monoisotopic (exact) mass is 353 g/mol. The number of anilines is 3. The number of carbonyl (C=O) groups is 1. The number of ether oxygens (including phenoxy) is 1. The molecule has 0 atom stereocenters. The van der Waals surface area contributed by atoms with Crippen molar-refractivity contribution < 1.29 is 9.53 Å². The van der Waals surface area contributed by atoms with Crippen LogP contribution < -0.4 is 10.2 Å². The van der Waals surface area contributed by atoms with Gasteiger partial charge in [-0.3, -0.25) is 0 Å². The third-order valence-electron chi connectivity index (χ3n) is 3.92. The zero-order valence-electron chi connectivity index (χ0n) is 14.4. The van der Waals surface area contributed by atoms with Gasteiger partial charge in [-0.15, -0.1) is 5.10 Å². The van der Waals surface area contributed by atoms with Gasteiger partial charge in [0.15, 0.2) is 5.82 Å². The molecule has 2 heterocycles. The van der Waals surface area contributed by atoms with Crippen LogP contribution in [0.3, 0.4) is 0 Å². The van der Waals surface area contributed by atoms with E-state index in [2.05, 4.69) is 26.6 Å². The lowest BCUT2D eigenvalue weighted by Crippen LogP contribution is -2.49. The van der Waals surface area contributed by atoms with Crippen molar-refractivity contribution in [2.45, 2.75) is 6.92 Å². The zero-order chi connectivity index (χ0) is 18.4. The molecule has 0 aliphatic carbocycles. The van der Waals surface area contributed by atoms with Gasteiger partial charge in [0.05, 0.1) is 24.4 Å². The molecule has 1 fully saturated rings. The summed E-state index contributed by atoms with van der Waals surface area (Å²) in [5.74, 6) is 1.07. The second-order valence-electron chi connectivity index (χ2n) is 5.63. The first-order valence-electron chi connectivity index (χ1n) is 8.33. The van der Waals surface area contributed by atoms with Gasteiger partial charge in [-0.1, -0.05) is 0 Å². The molecule has 3 rings (SSSR count). The fourth-order valence-corrected chi connectivity index (χ4v) is 2.57. The van der Waals surface area contributed by atoms with E-state index in [-0.39, 0.29) is 6.09 Å². The molecule has 1 aromatic heterocycles. The molecule has 1 N–H and O–H groups in total. The van der Waals surface area contributed by atoms with Crippen molar-refractivity contribution in [3.8, 4) is 6.07 Å². The normalized spacial score (nSPS) is 13.8. The second-order valence-corrected chi connectivity index (χ2v) is 5.63. The minimum atomic E-state index is -0.289. The Morgan fingerprint density at radius 2 is 2.00 bits per heavy atom. The maximum absolute atomic E-state index is 11.8. The van der Waals surface area contributed by atoms with Crippen molar-refractivity contribution in [2.24, 2.45) is 0 Å². The maximum Gasteiger partial charge on any atom is 0.409 e. The number of benzene rings is 1. The van der Waals surface area contributed by atoms with E-state index in [1.807, 2.05) is 4.90 Å². The Kier molecular flexibility index (Phi) is 5.43. The topological polar surface area (TPSA) is 107 Å². The van der Waals surface area contributed by atoms with Crippen LogP contribution in [0.1, 0.15) is 12.5 Å². The molecule has 26 heavy (non-hydrogen) atoms. The number of rotatable bonds is 4. The van der Waals surface area contributed by atoms with Crippen LogP contribution in [0.4, 0.5) is 22.2 Å². The molecule has 9 nitrogen and oxygen atoms in total. The highest BCUT2D eigenvalue weighted by molar-refractivity contribution is 5.68. The summed E-state index contributed by atoms with van der Waals surface area (Å²) in [6.45, 7) is 4.49. The summed E-state index contributed by atoms with van der Waals surface area (Å²) in [7, 11) is 0. The van der Waals surface area contributed by atoms with Crippen LogP contribution >= 0.6 is 0 Å². The van der Waals surface area contributed by atoms with Gasteiger partial charge in [-0.2, -0.15) is 15.3 Å². The molecule has 9 heteroatoms. The van der Waals surface area contributed by atoms with Crippen molar-refractivity contribution >= 4 is 23.5 Å². The molecule has 134 valence electrons. The first-order chi connectivity index (χ1) is 12.7. The summed E-state index contributed by atoms with van der Waals surface area (Å²) in [4.78, 5) is 19.9. The fraction of sp³-hybridized carbons (Fsp3) is 0.353. The van der Waals surface area contributed by atoms with Gasteiger partial charge in [0.25, 0.3) is 0 Å². The molecule has 0 spiro atoms. The van der Waals surface area contributed by atoms with Gasteiger partial charge in [-0.05, 0) is 31.2 Å². The molecule has 1 aromatic carbocycles. The standard InChI is InChI=1S/C17H19N7O2/c1-2-26-17(25)24-9-7-23(8-10-24)16-21-15(12-19-22-16)20-14-5-3-13(11-18)4-6-14/h3-6,12H,2,7-10H2,1H3,(H,20,21,22). The van der Waals surface area contributed by atoms with Gasteiger partial charge >= 0.3 is 6.09 Å². The van der Waals surface area contributed by atoms with Crippen LogP contribution in [0, 0.1) is 11.3 Å². The quantitative estimate of drug-likeness (QED) is 0.886. The largest absolute Gasteiger partial charge is 0.450 e. The predicted molar refractivity (Wildman–Crippen MR) is 95.1 cm³/mol. The van der Waals surface area contributed by atoms with E-state index in [0.717, 1.165) is 5.69 Å². The lowest BCUT2D eigenvalue weighted by molar-refractivity contribution is 0.105. The number of nitriles is 1. The summed E-state index contributed by atoms with van der Waals surface area (Å²) >= 11 is 0. The second kappa shape index (κ2) is 8.11. The van der Waals surface area contributed by atoms with Gasteiger partial charge in [-0.25, -0.2) is 4.79 Å². The molecular formula is C17H19N7O2. The van der Waals surface area contributed by atoms with Gasteiger partial charge in [0.1, 0.15) is 0 Å². The van der Waals surface area contributed by atoms with E-state index in [1.54, 1.807) is 36.1 Å². The molecule has 1 aliphatic heterocycles. The van der Waals surface area contributed by atoms with Crippen molar-refractivity contribution in [3.63, 3.8) is 0 Å². The van der Waals surface area contributed by atoms with E-state index >= 15 is 0 Å². The predicted octanol–water partition coefficient (Wildman–Crippen LogP) is 1.77. The fourth-order valence-electron chi connectivity index (χ4n) is 2.57. The average Bonchev–Trinajstić information content (AvgIpc) is 2.69. The SMILES string of the molecule is CCOC(=O)N1CCN(c2nncc(Nc3ccc(C#N)cc3)n2)CC1. The van der Waals surface area contributed by atoms with E-state index in [1.165, 1.54) is 6.20 Å². The first kappa shape index (κ1) is 17.4. The lowest BCUT2D eigenvalue weighted by atomic mass is 10.2. The van der Waals surface area contributed by atoms with Gasteiger partial charge in [0.2, 0.25) is 5.95 Å². The average molecular weight is 353 g/mol. The highest BCUT2D eigenvalue weighted by Gasteiger charge is 2.23. The third kappa shape index (κ3) is 4.16. The van der Waals surface area contributed by atoms with Crippen LogP contribution in [-0.2, 0) is 4.74 Å². The number of hydrogen-bond donors (Lipinski definition) is 1. The number of aromatic nitrogens is 3. The molecule has 2 aromatic rings. The van der Waals surface area contributed by atoms with Crippen LogP contribution in [0.2, 0.25) is 0 Å².